The summed E-state index contributed by atoms with van der Waals surface area (Å²) in [4.78, 5) is 9.14. The molecule has 0 aromatic carbocycles. The van der Waals surface area contributed by atoms with Gasteiger partial charge in [-0.3, -0.25) is 0 Å². The number of rotatable bonds is 4. The molecule has 1 atom stereocenters. The molecule has 1 aliphatic carbocycles. The highest BCUT2D eigenvalue weighted by molar-refractivity contribution is 6.20. The number of aromatic nitrogens is 3. The lowest BCUT2D eigenvalue weighted by Gasteiger charge is -2.14. The topological polar surface area (TPSA) is 39.9 Å². The van der Waals surface area contributed by atoms with Gasteiger partial charge in [0, 0.05) is 12.6 Å². The van der Waals surface area contributed by atoms with E-state index in [1.54, 1.807) is 7.11 Å². The monoisotopic (exact) mass is 279 g/mol. The molecule has 2 aromatic rings. The summed E-state index contributed by atoms with van der Waals surface area (Å²) in [5.41, 5.74) is 2.13. The molecule has 1 saturated carbocycles. The van der Waals surface area contributed by atoms with Gasteiger partial charge in [-0.2, -0.15) is 4.98 Å². The predicted molar refractivity (Wildman–Crippen MR) is 75.7 cm³/mol. The SMILES string of the molecule is COc1ccc2nc(C(C)Cl)n(CC3(C)CC3)c2n1. The molecule has 0 radical (unpaired) electrons. The molecular weight excluding hydrogens is 262 g/mol. The molecule has 102 valence electrons. The lowest BCUT2D eigenvalue weighted by molar-refractivity contribution is 0.397. The molecule has 0 saturated heterocycles. The van der Waals surface area contributed by atoms with Gasteiger partial charge in [0.05, 0.1) is 12.5 Å². The van der Waals surface area contributed by atoms with Crippen molar-refractivity contribution >= 4 is 22.8 Å². The first kappa shape index (κ1) is 12.7. The van der Waals surface area contributed by atoms with E-state index in [9.17, 15) is 0 Å². The highest BCUT2D eigenvalue weighted by atomic mass is 35.5. The third kappa shape index (κ3) is 2.29. The Labute approximate surface area is 117 Å². The standard InChI is InChI=1S/C14H18ClN3O/c1-9(15)12-16-10-4-5-11(19-3)17-13(10)18(12)8-14(2)6-7-14/h4-5,9H,6-8H2,1-3H3. The van der Waals surface area contributed by atoms with E-state index in [2.05, 4.69) is 21.5 Å². The van der Waals surface area contributed by atoms with Gasteiger partial charge in [-0.1, -0.05) is 6.92 Å². The summed E-state index contributed by atoms with van der Waals surface area (Å²) < 4.78 is 7.36. The zero-order chi connectivity index (χ0) is 13.6. The average Bonchev–Trinajstić information content (AvgIpc) is 3.00. The molecule has 0 N–H and O–H groups in total. The van der Waals surface area contributed by atoms with Gasteiger partial charge in [0.25, 0.3) is 0 Å². The van der Waals surface area contributed by atoms with E-state index in [-0.39, 0.29) is 5.38 Å². The van der Waals surface area contributed by atoms with Crippen molar-refractivity contribution in [3.63, 3.8) is 0 Å². The summed E-state index contributed by atoms with van der Waals surface area (Å²) in [6.07, 6.45) is 2.51. The number of fused-ring (bicyclic) bond motifs is 1. The van der Waals surface area contributed by atoms with Gasteiger partial charge in [0.15, 0.2) is 5.65 Å². The Bertz CT molecular complexity index is 616. The molecule has 0 aliphatic heterocycles. The highest BCUT2D eigenvalue weighted by Crippen LogP contribution is 2.47. The van der Waals surface area contributed by atoms with E-state index >= 15 is 0 Å². The van der Waals surface area contributed by atoms with Gasteiger partial charge in [-0.25, -0.2) is 4.98 Å². The number of ether oxygens (including phenoxy) is 1. The maximum Gasteiger partial charge on any atom is 0.215 e. The third-order valence-electron chi connectivity index (χ3n) is 3.80. The summed E-state index contributed by atoms with van der Waals surface area (Å²) in [5.74, 6) is 1.51. The fourth-order valence-corrected chi connectivity index (χ4v) is 2.49. The Balaban J connectivity index is 2.14. The van der Waals surface area contributed by atoms with Gasteiger partial charge in [-0.15, -0.1) is 11.6 Å². The smallest absolute Gasteiger partial charge is 0.215 e. The van der Waals surface area contributed by atoms with Crippen LogP contribution in [0.3, 0.4) is 0 Å². The Kier molecular flexibility index (Phi) is 2.93. The van der Waals surface area contributed by atoms with Crippen LogP contribution < -0.4 is 4.74 Å². The van der Waals surface area contributed by atoms with Crippen molar-refractivity contribution in [1.29, 1.82) is 0 Å². The van der Waals surface area contributed by atoms with Crippen molar-refractivity contribution in [3.05, 3.63) is 18.0 Å². The molecule has 1 aliphatic rings. The number of imidazole rings is 1. The number of hydrogen-bond acceptors (Lipinski definition) is 3. The second-order valence-corrected chi connectivity index (χ2v) is 6.33. The Morgan fingerprint density at radius 1 is 1.42 bits per heavy atom. The maximum atomic E-state index is 6.26. The predicted octanol–water partition coefficient (Wildman–Crippen LogP) is 3.54. The van der Waals surface area contributed by atoms with Crippen molar-refractivity contribution < 1.29 is 4.74 Å². The van der Waals surface area contributed by atoms with Gasteiger partial charge >= 0.3 is 0 Å². The number of pyridine rings is 1. The van der Waals surface area contributed by atoms with Crippen LogP contribution in [0.2, 0.25) is 0 Å². The molecule has 1 fully saturated rings. The lowest BCUT2D eigenvalue weighted by atomic mass is 10.1. The number of halogens is 1. The van der Waals surface area contributed by atoms with Crippen molar-refractivity contribution in [1.82, 2.24) is 14.5 Å². The van der Waals surface area contributed by atoms with E-state index < -0.39 is 0 Å². The zero-order valence-corrected chi connectivity index (χ0v) is 12.2. The summed E-state index contributed by atoms with van der Waals surface area (Å²) in [5, 5.41) is -0.123. The van der Waals surface area contributed by atoms with Crippen LogP contribution in [0.1, 0.15) is 37.9 Å². The van der Waals surface area contributed by atoms with Crippen molar-refractivity contribution in [2.24, 2.45) is 5.41 Å². The molecule has 2 aromatic heterocycles. The lowest BCUT2D eigenvalue weighted by Crippen LogP contribution is -2.12. The van der Waals surface area contributed by atoms with Gasteiger partial charge in [-0.05, 0) is 31.2 Å². The van der Waals surface area contributed by atoms with E-state index in [0.717, 1.165) is 23.5 Å². The minimum absolute atomic E-state index is 0.123. The number of nitrogens with zero attached hydrogens (tertiary/aromatic N) is 3. The van der Waals surface area contributed by atoms with Gasteiger partial charge in [0.2, 0.25) is 5.88 Å². The van der Waals surface area contributed by atoms with Crippen LogP contribution in [-0.4, -0.2) is 21.6 Å². The molecule has 19 heavy (non-hydrogen) atoms. The molecule has 0 spiro atoms. The first-order valence-corrected chi connectivity index (χ1v) is 7.01. The summed E-state index contributed by atoms with van der Waals surface area (Å²) in [6.45, 7) is 5.17. The molecule has 1 unspecified atom stereocenters. The minimum atomic E-state index is -0.123. The maximum absolute atomic E-state index is 6.26. The molecule has 3 rings (SSSR count). The third-order valence-corrected chi connectivity index (χ3v) is 4.00. The molecule has 0 bridgehead atoms. The minimum Gasteiger partial charge on any atom is -0.481 e. The van der Waals surface area contributed by atoms with Crippen molar-refractivity contribution in [2.75, 3.05) is 7.11 Å². The quantitative estimate of drug-likeness (QED) is 0.804. The molecular formula is C14H18ClN3O. The second-order valence-electron chi connectivity index (χ2n) is 5.68. The first-order chi connectivity index (χ1) is 9.02. The number of methoxy groups -OCH3 is 1. The highest BCUT2D eigenvalue weighted by Gasteiger charge is 2.38. The zero-order valence-electron chi connectivity index (χ0n) is 11.5. The normalized spacial score (nSPS) is 18.5. The fraction of sp³-hybridized carbons (Fsp3) is 0.571. The Morgan fingerprint density at radius 3 is 2.74 bits per heavy atom. The van der Waals surface area contributed by atoms with Crippen LogP contribution in [0.25, 0.3) is 11.2 Å². The molecule has 2 heterocycles. The van der Waals surface area contributed by atoms with E-state index in [1.807, 2.05) is 19.1 Å². The van der Waals surface area contributed by atoms with Crippen LogP contribution in [0.15, 0.2) is 12.1 Å². The number of hydrogen-bond donors (Lipinski definition) is 0. The van der Waals surface area contributed by atoms with E-state index in [4.69, 9.17) is 16.3 Å². The molecule has 0 amide bonds. The molecule has 5 heteroatoms. The Morgan fingerprint density at radius 2 is 2.16 bits per heavy atom. The number of alkyl halides is 1. The van der Waals surface area contributed by atoms with E-state index in [1.165, 1.54) is 12.8 Å². The first-order valence-electron chi connectivity index (χ1n) is 6.58. The summed E-state index contributed by atoms with van der Waals surface area (Å²) in [6, 6.07) is 3.77. The Hall–Kier alpha value is -1.29. The van der Waals surface area contributed by atoms with Crippen LogP contribution in [0.4, 0.5) is 0 Å². The fourth-order valence-electron chi connectivity index (χ4n) is 2.33. The summed E-state index contributed by atoms with van der Waals surface area (Å²) >= 11 is 6.26. The van der Waals surface area contributed by atoms with Crippen LogP contribution in [0, 0.1) is 5.41 Å². The second kappa shape index (κ2) is 4.37. The van der Waals surface area contributed by atoms with Crippen LogP contribution >= 0.6 is 11.6 Å². The molecule has 4 nitrogen and oxygen atoms in total. The average molecular weight is 280 g/mol. The largest absolute Gasteiger partial charge is 0.481 e. The summed E-state index contributed by atoms with van der Waals surface area (Å²) in [7, 11) is 1.63. The van der Waals surface area contributed by atoms with E-state index in [0.29, 0.717) is 11.3 Å². The van der Waals surface area contributed by atoms with Gasteiger partial charge in [0.1, 0.15) is 11.3 Å². The van der Waals surface area contributed by atoms with Crippen molar-refractivity contribution in [2.45, 2.75) is 38.6 Å². The van der Waals surface area contributed by atoms with Gasteiger partial charge < -0.3 is 9.30 Å². The van der Waals surface area contributed by atoms with Crippen molar-refractivity contribution in [3.8, 4) is 5.88 Å². The van der Waals surface area contributed by atoms with Crippen LogP contribution in [0.5, 0.6) is 5.88 Å². The van der Waals surface area contributed by atoms with Crippen LogP contribution in [-0.2, 0) is 6.54 Å².